The third-order valence-electron chi connectivity index (χ3n) is 3.13. The normalized spacial score (nSPS) is 13.0. The van der Waals surface area contributed by atoms with E-state index in [2.05, 4.69) is 25.2 Å². The lowest BCUT2D eigenvalue weighted by Gasteiger charge is -2.29. The van der Waals surface area contributed by atoms with Gasteiger partial charge < -0.3 is 14.3 Å². The van der Waals surface area contributed by atoms with Gasteiger partial charge in [-0.15, -0.1) is 0 Å². The molecule has 0 amide bonds. The third-order valence-corrected chi connectivity index (χ3v) is 5.77. The van der Waals surface area contributed by atoms with Crippen molar-refractivity contribution in [3.8, 4) is 0 Å². The van der Waals surface area contributed by atoms with Gasteiger partial charge in [0.1, 0.15) is 0 Å². The second kappa shape index (κ2) is 8.19. The standard InChI is InChI=1S/C15H24O4Si/c1-13(17)18-12-10-14(9-11-16)19-20(2,3)15-7-5-4-6-8-15/h4-8,14,16H,9-12H2,1-3H3. The number of aliphatic hydroxyl groups excluding tert-OH is 1. The third kappa shape index (κ3) is 5.86. The molecule has 1 N–H and O–H groups in total. The van der Waals surface area contributed by atoms with Crippen LogP contribution in [0.25, 0.3) is 0 Å². The Kier molecular flexibility index (Phi) is 6.91. The molecule has 1 unspecified atom stereocenters. The van der Waals surface area contributed by atoms with Gasteiger partial charge in [0.25, 0.3) is 0 Å². The number of carbonyl (C=O) groups is 1. The van der Waals surface area contributed by atoms with Crippen molar-refractivity contribution in [2.24, 2.45) is 0 Å². The van der Waals surface area contributed by atoms with Crippen LogP contribution in [0.1, 0.15) is 19.8 Å². The van der Waals surface area contributed by atoms with Crippen LogP contribution in [0.3, 0.4) is 0 Å². The molecule has 0 spiro atoms. The summed E-state index contributed by atoms with van der Waals surface area (Å²) < 4.78 is 11.2. The minimum atomic E-state index is -2.01. The summed E-state index contributed by atoms with van der Waals surface area (Å²) >= 11 is 0. The molecule has 4 nitrogen and oxygen atoms in total. The van der Waals surface area contributed by atoms with Gasteiger partial charge in [0, 0.05) is 20.0 Å². The fraction of sp³-hybridized carbons (Fsp3) is 0.533. The molecule has 0 heterocycles. The van der Waals surface area contributed by atoms with E-state index in [1.165, 1.54) is 12.1 Å². The Hall–Kier alpha value is -1.17. The second-order valence-electron chi connectivity index (χ2n) is 5.26. The van der Waals surface area contributed by atoms with E-state index >= 15 is 0 Å². The lowest BCUT2D eigenvalue weighted by Crippen LogP contribution is -2.47. The largest absolute Gasteiger partial charge is 0.466 e. The van der Waals surface area contributed by atoms with Crippen molar-refractivity contribution in [1.82, 2.24) is 0 Å². The summed E-state index contributed by atoms with van der Waals surface area (Å²) in [5.74, 6) is -0.285. The van der Waals surface area contributed by atoms with E-state index in [1.807, 2.05) is 18.2 Å². The number of benzene rings is 1. The van der Waals surface area contributed by atoms with E-state index in [9.17, 15) is 4.79 Å². The van der Waals surface area contributed by atoms with Crippen molar-refractivity contribution in [3.63, 3.8) is 0 Å². The van der Waals surface area contributed by atoms with Gasteiger partial charge in [-0.25, -0.2) is 0 Å². The van der Waals surface area contributed by atoms with E-state index in [-0.39, 0.29) is 18.7 Å². The van der Waals surface area contributed by atoms with Gasteiger partial charge in [-0.1, -0.05) is 30.3 Å². The quantitative estimate of drug-likeness (QED) is 0.587. The lowest BCUT2D eigenvalue weighted by molar-refractivity contribution is -0.141. The van der Waals surface area contributed by atoms with Gasteiger partial charge in [0.05, 0.1) is 12.7 Å². The van der Waals surface area contributed by atoms with Crippen LogP contribution in [0.2, 0.25) is 13.1 Å². The van der Waals surface area contributed by atoms with E-state index < -0.39 is 8.32 Å². The minimum Gasteiger partial charge on any atom is -0.466 e. The van der Waals surface area contributed by atoms with E-state index in [4.69, 9.17) is 14.3 Å². The van der Waals surface area contributed by atoms with Crippen molar-refractivity contribution in [1.29, 1.82) is 0 Å². The molecule has 0 aliphatic carbocycles. The summed E-state index contributed by atoms with van der Waals surface area (Å²) in [6, 6.07) is 10.2. The van der Waals surface area contributed by atoms with Gasteiger partial charge in [-0.05, 0) is 24.7 Å². The van der Waals surface area contributed by atoms with Crippen LogP contribution in [0.15, 0.2) is 30.3 Å². The van der Waals surface area contributed by atoms with Crippen LogP contribution in [-0.4, -0.2) is 38.7 Å². The molecule has 1 rings (SSSR count). The topological polar surface area (TPSA) is 55.8 Å². The zero-order valence-electron chi connectivity index (χ0n) is 12.5. The van der Waals surface area contributed by atoms with E-state index in [0.29, 0.717) is 19.4 Å². The molecule has 0 aliphatic rings. The SMILES string of the molecule is CC(=O)OCCC(CCO)O[Si](C)(C)c1ccccc1. The number of rotatable bonds is 8. The maximum Gasteiger partial charge on any atom is 0.302 e. The van der Waals surface area contributed by atoms with Crippen LogP contribution >= 0.6 is 0 Å². The van der Waals surface area contributed by atoms with Crippen molar-refractivity contribution in [2.75, 3.05) is 13.2 Å². The molecule has 0 aliphatic heterocycles. The van der Waals surface area contributed by atoms with Crippen LogP contribution in [0, 0.1) is 0 Å². The average molecular weight is 296 g/mol. The van der Waals surface area contributed by atoms with E-state index in [1.54, 1.807) is 0 Å². The van der Waals surface area contributed by atoms with Crippen LogP contribution in [0.4, 0.5) is 0 Å². The fourth-order valence-corrected chi connectivity index (χ4v) is 4.26. The first-order valence-electron chi connectivity index (χ1n) is 6.93. The molecule has 0 radical (unpaired) electrons. The first-order valence-corrected chi connectivity index (χ1v) is 9.84. The Bertz CT molecular complexity index is 406. The lowest BCUT2D eigenvalue weighted by atomic mass is 10.2. The molecule has 0 bridgehead atoms. The molecule has 1 aromatic rings. The molecule has 112 valence electrons. The number of esters is 1. The molecular weight excluding hydrogens is 272 g/mol. The highest BCUT2D eigenvalue weighted by molar-refractivity contribution is 6.84. The highest BCUT2D eigenvalue weighted by Gasteiger charge is 2.28. The first kappa shape index (κ1) is 16.9. The van der Waals surface area contributed by atoms with Crippen LogP contribution in [-0.2, 0) is 14.0 Å². The maximum absolute atomic E-state index is 10.8. The molecule has 20 heavy (non-hydrogen) atoms. The maximum atomic E-state index is 10.8. The summed E-state index contributed by atoms with van der Waals surface area (Å²) in [7, 11) is -2.01. The Labute approximate surface area is 121 Å². The summed E-state index contributed by atoms with van der Waals surface area (Å²) in [5.41, 5.74) is 0. The van der Waals surface area contributed by atoms with E-state index in [0.717, 1.165) is 0 Å². The molecule has 0 fully saturated rings. The zero-order chi connectivity index (χ0) is 15.0. The second-order valence-corrected chi connectivity index (χ2v) is 9.09. The molecule has 0 saturated carbocycles. The highest BCUT2D eigenvalue weighted by Crippen LogP contribution is 2.14. The van der Waals surface area contributed by atoms with Crippen LogP contribution in [0.5, 0.6) is 0 Å². The zero-order valence-corrected chi connectivity index (χ0v) is 13.5. The van der Waals surface area contributed by atoms with Gasteiger partial charge >= 0.3 is 5.97 Å². The van der Waals surface area contributed by atoms with Gasteiger partial charge in [0.2, 0.25) is 8.32 Å². The van der Waals surface area contributed by atoms with Crippen molar-refractivity contribution < 1.29 is 19.1 Å². The molecule has 1 atom stereocenters. The number of carbonyl (C=O) groups excluding carboxylic acids is 1. The smallest absolute Gasteiger partial charge is 0.302 e. The molecule has 5 heteroatoms. The summed E-state index contributed by atoms with van der Waals surface area (Å²) in [5, 5.41) is 10.4. The predicted molar refractivity (Wildman–Crippen MR) is 81.4 cm³/mol. The number of hydrogen-bond acceptors (Lipinski definition) is 4. The highest BCUT2D eigenvalue weighted by atomic mass is 28.4. The fourth-order valence-electron chi connectivity index (χ4n) is 2.06. The minimum absolute atomic E-state index is 0.0734. The number of ether oxygens (including phenoxy) is 1. The Morgan fingerprint density at radius 3 is 2.45 bits per heavy atom. The van der Waals surface area contributed by atoms with Crippen molar-refractivity contribution in [3.05, 3.63) is 30.3 Å². The molecule has 0 aromatic heterocycles. The monoisotopic (exact) mass is 296 g/mol. The van der Waals surface area contributed by atoms with Gasteiger partial charge in [0.15, 0.2) is 0 Å². The van der Waals surface area contributed by atoms with Crippen molar-refractivity contribution >= 4 is 19.5 Å². The van der Waals surface area contributed by atoms with Crippen molar-refractivity contribution in [2.45, 2.75) is 39.0 Å². The Morgan fingerprint density at radius 1 is 1.25 bits per heavy atom. The number of hydrogen-bond donors (Lipinski definition) is 1. The van der Waals surface area contributed by atoms with Gasteiger partial charge in [-0.2, -0.15) is 0 Å². The summed E-state index contributed by atoms with van der Waals surface area (Å²) in [6.07, 6.45) is 1.09. The average Bonchev–Trinajstić information content (AvgIpc) is 2.39. The van der Waals surface area contributed by atoms with Crippen LogP contribution < -0.4 is 5.19 Å². The number of aliphatic hydroxyl groups is 1. The summed E-state index contributed by atoms with van der Waals surface area (Å²) in [4.78, 5) is 10.8. The first-order chi connectivity index (χ1) is 9.45. The molecule has 0 saturated heterocycles. The Morgan fingerprint density at radius 2 is 1.90 bits per heavy atom. The molecular formula is C15H24O4Si. The predicted octanol–water partition coefficient (Wildman–Crippen LogP) is 1.82. The summed E-state index contributed by atoms with van der Waals surface area (Å²) in [6.45, 7) is 6.07. The Balaban J connectivity index is 2.61. The van der Waals surface area contributed by atoms with Gasteiger partial charge in [-0.3, -0.25) is 4.79 Å². The molecule has 1 aromatic carbocycles.